The number of nitrogens with zero attached hydrogens (tertiary/aromatic N) is 1. The summed E-state index contributed by atoms with van der Waals surface area (Å²) >= 11 is 0. The highest BCUT2D eigenvalue weighted by molar-refractivity contribution is 7.61. The minimum Gasteiger partial charge on any atom is -0.481 e. The monoisotopic (exact) mass is 879 g/mol. The Labute approximate surface area is 325 Å². The number of H-pyrrole nitrogens is 1. The van der Waals surface area contributed by atoms with Crippen molar-refractivity contribution in [3.05, 3.63) is 33.1 Å². The minimum atomic E-state index is -5.88. The molecule has 2 aliphatic rings. The third-order valence-corrected chi connectivity index (χ3v) is 10.9. The molecule has 58 heavy (non-hydrogen) atoms. The average molecular weight is 880 g/mol. The van der Waals surface area contributed by atoms with E-state index in [0.717, 1.165) is 33.0 Å². The zero-order chi connectivity index (χ0) is 43.9. The average Bonchev–Trinajstić information content (AvgIpc) is 3.39. The van der Waals surface area contributed by atoms with Crippen LogP contribution in [0.4, 0.5) is 0 Å². The van der Waals surface area contributed by atoms with Gasteiger partial charge in [0.2, 0.25) is 17.7 Å². The molecule has 0 bridgehead atoms. The van der Waals surface area contributed by atoms with Crippen LogP contribution in [0.1, 0.15) is 39.8 Å². The summed E-state index contributed by atoms with van der Waals surface area (Å²) in [6, 6.07) is -4.07. The van der Waals surface area contributed by atoms with Gasteiger partial charge in [-0.05, 0) is 20.3 Å². The minimum absolute atomic E-state index is 0.483. The highest BCUT2D eigenvalue weighted by Crippen LogP contribution is 2.61. The first-order valence-corrected chi connectivity index (χ1v) is 19.8. The molecule has 1 aromatic rings. The number of carbonyl (C=O) groups excluding carboxylic acids is 3. The highest BCUT2D eigenvalue weighted by Gasteiger charge is 2.52. The van der Waals surface area contributed by atoms with Crippen LogP contribution in [0.2, 0.25) is 0 Å². The molecule has 0 radical (unpaired) electrons. The number of nitrogens with one attached hydrogen (secondary N) is 4. The Bertz CT molecular complexity index is 1880. The number of aliphatic hydroxyl groups is 4. The summed E-state index contributed by atoms with van der Waals surface area (Å²) in [4.78, 5) is 106. The fraction of sp³-hybridized carbons (Fsp3) is 0.679. The number of aliphatic hydroxyl groups excluding tert-OH is 4. The van der Waals surface area contributed by atoms with Gasteiger partial charge < -0.3 is 70.6 Å². The lowest BCUT2D eigenvalue weighted by atomic mass is 9.96. The van der Waals surface area contributed by atoms with Crippen LogP contribution in [0, 0.1) is 0 Å². The van der Waals surface area contributed by atoms with Crippen LogP contribution in [0.25, 0.3) is 0 Å². The Kier molecular flexibility index (Phi) is 16.9. The quantitative estimate of drug-likeness (QED) is 0.0544. The Morgan fingerprint density at radius 2 is 1.60 bits per heavy atom. The fourth-order valence-electron chi connectivity index (χ4n) is 5.42. The summed E-state index contributed by atoms with van der Waals surface area (Å²) in [6.45, 7) is 0.948. The molecule has 0 aliphatic carbocycles. The zero-order valence-electron chi connectivity index (χ0n) is 30.5. The molecular weight excluding hydrogens is 836 g/mol. The van der Waals surface area contributed by atoms with Crippen molar-refractivity contribution in [2.45, 2.75) is 107 Å². The smallest absolute Gasteiger partial charge is 0.481 e. The summed E-state index contributed by atoms with van der Waals surface area (Å²) in [5.74, 6) is -5.94. The molecule has 328 valence electrons. The van der Waals surface area contributed by atoms with Gasteiger partial charge in [0, 0.05) is 25.6 Å². The number of hydrogen-bond donors (Lipinski definition) is 12. The number of carbonyl (C=O) groups is 5. The Morgan fingerprint density at radius 1 is 0.948 bits per heavy atom. The molecule has 3 amide bonds. The summed E-state index contributed by atoms with van der Waals surface area (Å²) < 4.78 is 56.5. The largest absolute Gasteiger partial charge is 0.483 e. The standard InChI is InChI=1S/C28H43N5O23P2/c1-10(23(42)31-13(26(44)45)4-5-17(37)38)29-24(43)11(2)52-22-18(30-12(3)35)27(54-14(8-34)20(22)40)55-58(49,50)56-57(47,48)51-9-15-19(39)21(41)25(53-15)33-7-6-16(36)32-28(33)46/h6-7,10-11,13-15,18-22,25,27,34,39-41H,4-5,8-9H2,1-3H3,(H,29,43)(H,30,35)(H,31,42)(H,37,38)(H,44,45)(H,47,48)(H,49,50)(H,32,36,46)/t10-,11+,13+,14+,15+,18+,19+,20+,21+,22+,25+,27+/m0/s1. The normalized spacial score (nSPS) is 29.5. The van der Waals surface area contributed by atoms with E-state index in [2.05, 4.69) is 24.8 Å². The molecule has 14 atom stereocenters. The Hall–Kier alpha value is -3.99. The van der Waals surface area contributed by atoms with Crippen LogP contribution in [-0.2, 0) is 60.7 Å². The van der Waals surface area contributed by atoms with Gasteiger partial charge in [-0.25, -0.2) is 18.7 Å². The molecule has 0 saturated carbocycles. The van der Waals surface area contributed by atoms with E-state index in [4.69, 9.17) is 23.8 Å². The highest BCUT2D eigenvalue weighted by atomic mass is 31.3. The van der Waals surface area contributed by atoms with E-state index < -0.39 is 156 Å². The van der Waals surface area contributed by atoms with Crippen molar-refractivity contribution >= 4 is 45.3 Å². The number of hydrogen-bond acceptors (Lipinski definition) is 19. The third-order valence-electron chi connectivity index (χ3n) is 8.28. The van der Waals surface area contributed by atoms with Crippen molar-refractivity contribution in [1.82, 2.24) is 25.5 Å². The van der Waals surface area contributed by atoms with Crippen molar-refractivity contribution < 1.29 is 101 Å². The van der Waals surface area contributed by atoms with Gasteiger partial charge in [-0.3, -0.25) is 42.6 Å². The van der Waals surface area contributed by atoms with Crippen LogP contribution in [0.3, 0.4) is 0 Å². The number of amides is 3. The van der Waals surface area contributed by atoms with Crippen LogP contribution < -0.4 is 27.2 Å². The zero-order valence-corrected chi connectivity index (χ0v) is 32.2. The second-order valence-electron chi connectivity index (χ2n) is 12.7. The third kappa shape index (κ3) is 13.3. The summed E-state index contributed by atoms with van der Waals surface area (Å²) in [6.07, 6.45) is -16.8. The molecule has 2 saturated heterocycles. The van der Waals surface area contributed by atoms with Gasteiger partial charge in [0.15, 0.2) is 12.5 Å². The molecular formula is C28H43N5O23P2. The molecule has 1 aromatic heterocycles. The van der Waals surface area contributed by atoms with Gasteiger partial charge in [0.05, 0.1) is 13.2 Å². The second-order valence-corrected chi connectivity index (χ2v) is 15.7. The summed E-state index contributed by atoms with van der Waals surface area (Å²) in [5.41, 5.74) is -1.85. The first-order chi connectivity index (χ1) is 26.9. The van der Waals surface area contributed by atoms with Crippen molar-refractivity contribution in [3.63, 3.8) is 0 Å². The Balaban J connectivity index is 1.71. The number of phosphoric ester groups is 2. The van der Waals surface area contributed by atoms with E-state index in [9.17, 15) is 78.0 Å². The van der Waals surface area contributed by atoms with Crippen molar-refractivity contribution in [3.8, 4) is 0 Å². The molecule has 30 heteroatoms. The first-order valence-electron chi connectivity index (χ1n) is 16.8. The number of carboxylic acid groups (broad SMARTS) is 2. The van der Waals surface area contributed by atoms with E-state index in [-0.39, 0.29) is 0 Å². The molecule has 3 heterocycles. The first kappa shape index (κ1) is 48.4. The number of aromatic amines is 1. The predicted molar refractivity (Wildman–Crippen MR) is 183 cm³/mol. The topological polar surface area (TPSA) is 428 Å². The number of carboxylic acids is 2. The molecule has 2 aliphatic heterocycles. The maximum Gasteiger partial charge on any atom is 0.483 e. The number of ether oxygens (including phenoxy) is 3. The predicted octanol–water partition coefficient (Wildman–Crippen LogP) is -5.30. The van der Waals surface area contributed by atoms with Gasteiger partial charge >= 0.3 is 33.3 Å². The van der Waals surface area contributed by atoms with Gasteiger partial charge in [0.1, 0.15) is 60.9 Å². The molecule has 0 spiro atoms. The van der Waals surface area contributed by atoms with Crippen LogP contribution in [-0.4, -0.2) is 160 Å². The van der Waals surface area contributed by atoms with E-state index in [0.29, 0.717) is 4.57 Å². The van der Waals surface area contributed by atoms with E-state index in [1.54, 1.807) is 0 Å². The maximum absolute atomic E-state index is 13.0. The SMILES string of the molecule is CC(=O)N[C@H]1[C@@H](OP(=O)(O)OP(=O)(O)OC[C@H]2O[C@@H](n3ccc(=O)[nH]c3=O)[C@H](O)[C@@H]2O)O[C@H](CO)[C@@H](O)[C@@H]1O[C@H](C)C(=O)N[C@@H](C)C(=O)N[C@H](CCC(=O)O)C(=O)O. The van der Waals surface area contributed by atoms with Crippen molar-refractivity contribution in [2.24, 2.45) is 0 Å². The van der Waals surface area contributed by atoms with Crippen molar-refractivity contribution in [2.75, 3.05) is 13.2 Å². The van der Waals surface area contributed by atoms with Crippen LogP contribution in [0.5, 0.6) is 0 Å². The lowest BCUT2D eigenvalue weighted by Gasteiger charge is -2.44. The number of rotatable bonds is 20. The van der Waals surface area contributed by atoms with Gasteiger partial charge in [-0.15, -0.1) is 0 Å². The molecule has 2 fully saturated rings. The molecule has 3 rings (SSSR count). The number of phosphoric acid groups is 2. The lowest BCUT2D eigenvalue weighted by molar-refractivity contribution is -0.261. The maximum atomic E-state index is 13.0. The van der Waals surface area contributed by atoms with Gasteiger partial charge in [-0.1, -0.05) is 0 Å². The molecule has 0 aromatic carbocycles. The van der Waals surface area contributed by atoms with E-state index in [1.807, 2.05) is 4.98 Å². The van der Waals surface area contributed by atoms with Gasteiger partial charge in [0.25, 0.3) is 5.56 Å². The summed E-state index contributed by atoms with van der Waals surface area (Å²) in [7, 11) is -11.6. The molecule has 2 unspecified atom stereocenters. The summed E-state index contributed by atoms with van der Waals surface area (Å²) in [5, 5.41) is 66.0. The van der Waals surface area contributed by atoms with Crippen molar-refractivity contribution in [1.29, 1.82) is 0 Å². The fourth-order valence-corrected chi connectivity index (χ4v) is 7.58. The number of aliphatic carboxylic acids is 2. The Morgan fingerprint density at radius 3 is 2.17 bits per heavy atom. The van der Waals surface area contributed by atoms with Crippen LogP contribution in [0.15, 0.2) is 21.9 Å². The van der Waals surface area contributed by atoms with Crippen LogP contribution >= 0.6 is 15.6 Å². The number of aromatic nitrogens is 2. The van der Waals surface area contributed by atoms with Gasteiger partial charge in [-0.2, -0.15) is 4.31 Å². The van der Waals surface area contributed by atoms with E-state index in [1.165, 1.54) is 0 Å². The van der Waals surface area contributed by atoms with E-state index >= 15 is 0 Å². The lowest BCUT2D eigenvalue weighted by Crippen LogP contribution is -2.66. The second kappa shape index (κ2) is 20.3. The molecule has 28 nitrogen and oxygen atoms in total. The molecule has 12 N–H and O–H groups in total.